The van der Waals surface area contributed by atoms with Gasteiger partial charge in [0.05, 0.1) is 5.69 Å². The molecule has 0 spiro atoms. The molecule has 0 aliphatic rings. The molecule has 4 rings (SSSR count). The maximum Gasteiger partial charge on any atom is 0.251 e. The van der Waals surface area contributed by atoms with E-state index in [4.69, 9.17) is 0 Å². The van der Waals surface area contributed by atoms with E-state index in [-0.39, 0.29) is 5.91 Å². The summed E-state index contributed by atoms with van der Waals surface area (Å²) in [6.07, 6.45) is 6.43. The van der Waals surface area contributed by atoms with Gasteiger partial charge < -0.3 is 9.88 Å². The molecule has 0 saturated heterocycles. The molecule has 1 amide bonds. The highest BCUT2D eigenvalue weighted by Crippen LogP contribution is 2.17. The normalized spacial score (nSPS) is 10.8. The zero-order valence-electron chi connectivity index (χ0n) is 16.5. The Labute approximate surface area is 169 Å². The Morgan fingerprint density at radius 2 is 1.76 bits per heavy atom. The van der Waals surface area contributed by atoms with Gasteiger partial charge in [0, 0.05) is 42.1 Å². The van der Waals surface area contributed by atoms with Crippen molar-refractivity contribution in [1.29, 1.82) is 0 Å². The molecule has 1 N–H and O–H groups in total. The zero-order chi connectivity index (χ0) is 20.2. The lowest BCUT2D eigenvalue weighted by molar-refractivity contribution is 0.0954. The van der Waals surface area contributed by atoms with E-state index in [1.54, 1.807) is 6.20 Å². The highest BCUT2D eigenvalue weighted by atomic mass is 16.1. The Kier molecular flexibility index (Phi) is 5.24. The number of nitrogens with one attached hydrogen (secondary N) is 1. The van der Waals surface area contributed by atoms with Gasteiger partial charge in [-0.15, -0.1) is 0 Å². The molecular formula is C23H23N5O. The van der Waals surface area contributed by atoms with Gasteiger partial charge in [-0.2, -0.15) is 5.10 Å². The summed E-state index contributed by atoms with van der Waals surface area (Å²) < 4.78 is 3.86. The van der Waals surface area contributed by atoms with Gasteiger partial charge in [0.1, 0.15) is 0 Å². The number of hydrogen-bond donors (Lipinski definition) is 1. The van der Waals surface area contributed by atoms with Crippen molar-refractivity contribution in [3.8, 4) is 11.5 Å². The molecule has 0 radical (unpaired) electrons. The number of aryl methyl sites for hydroxylation is 1. The standard InChI is InChI=1S/C23H23N5O/c1-17-21(18(2)28(26-17)22-7-3-4-13-24-22)12-14-25-23(29)19-8-10-20(11-9-19)27-15-5-6-16-27/h3-11,13,15-16H,12,14H2,1-2H3,(H,25,29). The molecule has 0 atom stereocenters. The first-order valence-corrected chi connectivity index (χ1v) is 9.61. The first kappa shape index (κ1) is 18.7. The Balaban J connectivity index is 1.39. The summed E-state index contributed by atoms with van der Waals surface area (Å²) in [7, 11) is 0. The minimum absolute atomic E-state index is 0.0727. The summed E-state index contributed by atoms with van der Waals surface area (Å²) in [6.45, 7) is 4.57. The number of aromatic nitrogens is 4. The number of hydrogen-bond acceptors (Lipinski definition) is 3. The van der Waals surface area contributed by atoms with Gasteiger partial charge in [0.2, 0.25) is 0 Å². The van der Waals surface area contributed by atoms with Crippen LogP contribution in [0, 0.1) is 13.8 Å². The quantitative estimate of drug-likeness (QED) is 0.551. The van der Waals surface area contributed by atoms with E-state index in [0.717, 1.165) is 34.9 Å². The number of rotatable bonds is 6. The molecule has 0 bridgehead atoms. The van der Waals surface area contributed by atoms with Crippen LogP contribution in [0.2, 0.25) is 0 Å². The van der Waals surface area contributed by atoms with Crippen LogP contribution in [0.15, 0.2) is 73.2 Å². The van der Waals surface area contributed by atoms with Crippen LogP contribution in [0.4, 0.5) is 0 Å². The van der Waals surface area contributed by atoms with Crippen LogP contribution in [-0.2, 0) is 6.42 Å². The number of nitrogens with zero attached hydrogens (tertiary/aromatic N) is 4. The monoisotopic (exact) mass is 385 g/mol. The van der Waals surface area contributed by atoms with Crippen LogP contribution in [0.3, 0.4) is 0 Å². The van der Waals surface area contributed by atoms with Crippen molar-refractivity contribution in [3.63, 3.8) is 0 Å². The Morgan fingerprint density at radius 3 is 2.45 bits per heavy atom. The fourth-order valence-corrected chi connectivity index (χ4v) is 3.43. The molecule has 29 heavy (non-hydrogen) atoms. The summed E-state index contributed by atoms with van der Waals surface area (Å²) in [4.78, 5) is 16.8. The lowest BCUT2D eigenvalue weighted by Gasteiger charge is -2.08. The molecule has 3 aromatic heterocycles. The molecule has 1 aromatic carbocycles. The molecule has 6 heteroatoms. The molecule has 0 fully saturated rings. The van der Waals surface area contributed by atoms with Crippen molar-refractivity contribution >= 4 is 5.91 Å². The molecule has 4 aromatic rings. The fraction of sp³-hybridized carbons (Fsp3) is 0.174. The third kappa shape index (κ3) is 3.96. The molecule has 0 aliphatic heterocycles. The third-order valence-corrected chi connectivity index (χ3v) is 5.00. The first-order valence-electron chi connectivity index (χ1n) is 9.61. The molecular weight excluding hydrogens is 362 g/mol. The maximum absolute atomic E-state index is 12.5. The van der Waals surface area contributed by atoms with Crippen molar-refractivity contribution in [2.24, 2.45) is 0 Å². The summed E-state index contributed by atoms with van der Waals surface area (Å²) in [6, 6.07) is 17.3. The van der Waals surface area contributed by atoms with E-state index in [1.807, 2.05) is 90.1 Å². The van der Waals surface area contributed by atoms with Gasteiger partial charge in [0.15, 0.2) is 5.82 Å². The second kappa shape index (κ2) is 8.14. The molecule has 6 nitrogen and oxygen atoms in total. The summed E-state index contributed by atoms with van der Waals surface area (Å²) in [5, 5.41) is 7.62. The molecule has 3 heterocycles. The van der Waals surface area contributed by atoms with Gasteiger partial charge in [-0.05, 0) is 74.4 Å². The van der Waals surface area contributed by atoms with E-state index < -0.39 is 0 Å². The van der Waals surface area contributed by atoms with Crippen molar-refractivity contribution in [1.82, 2.24) is 24.6 Å². The van der Waals surface area contributed by atoms with Gasteiger partial charge in [0.25, 0.3) is 5.91 Å². The second-order valence-electron chi connectivity index (χ2n) is 6.89. The van der Waals surface area contributed by atoms with Gasteiger partial charge >= 0.3 is 0 Å². The number of carbonyl (C=O) groups is 1. The van der Waals surface area contributed by atoms with Crippen LogP contribution < -0.4 is 5.32 Å². The SMILES string of the molecule is Cc1nn(-c2ccccn2)c(C)c1CCNC(=O)c1ccc(-n2cccc2)cc1. The lowest BCUT2D eigenvalue weighted by atomic mass is 10.1. The van der Waals surface area contributed by atoms with E-state index in [0.29, 0.717) is 12.1 Å². The maximum atomic E-state index is 12.5. The number of amides is 1. The summed E-state index contributed by atoms with van der Waals surface area (Å²) in [5.41, 5.74) is 4.82. The predicted octanol–water partition coefficient (Wildman–Crippen LogP) is 3.65. The number of carbonyl (C=O) groups excluding carboxylic acids is 1. The predicted molar refractivity (Wildman–Crippen MR) is 113 cm³/mol. The lowest BCUT2D eigenvalue weighted by Crippen LogP contribution is -2.25. The van der Waals surface area contributed by atoms with Crippen LogP contribution in [0.25, 0.3) is 11.5 Å². The van der Waals surface area contributed by atoms with Crippen molar-refractivity contribution < 1.29 is 4.79 Å². The average molecular weight is 385 g/mol. The minimum atomic E-state index is -0.0727. The Hall–Kier alpha value is -3.67. The van der Waals surface area contributed by atoms with Crippen LogP contribution in [0.5, 0.6) is 0 Å². The minimum Gasteiger partial charge on any atom is -0.352 e. The van der Waals surface area contributed by atoms with E-state index in [9.17, 15) is 4.79 Å². The molecule has 0 unspecified atom stereocenters. The Bertz CT molecular complexity index is 1100. The van der Waals surface area contributed by atoms with Crippen LogP contribution in [-0.4, -0.2) is 31.8 Å². The largest absolute Gasteiger partial charge is 0.352 e. The van der Waals surface area contributed by atoms with Crippen molar-refractivity contribution in [2.45, 2.75) is 20.3 Å². The highest BCUT2D eigenvalue weighted by Gasteiger charge is 2.14. The van der Waals surface area contributed by atoms with Crippen LogP contribution >= 0.6 is 0 Å². The number of benzene rings is 1. The van der Waals surface area contributed by atoms with E-state index in [1.165, 1.54) is 0 Å². The van der Waals surface area contributed by atoms with Gasteiger partial charge in [-0.3, -0.25) is 4.79 Å². The van der Waals surface area contributed by atoms with Crippen molar-refractivity contribution in [3.05, 3.63) is 95.7 Å². The van der Waals surface area contributed by atoms with Gasteiger partial charge in [-0.1, -0.05) is 6.07 Å². The number of pyridine rings is 1. The summed E-state index contributed by atoms with van der Waals surface area (Å²) >= 11 is 0. The smallest absolute Gasteiger partial charge is 0.251 e. The average Bonchev–Trinajstić information content (AvgIpc) is 3.38. The Morgan fingerprint density at radius 1 is 1.00 bits per heavy atom. The van der Waals surface area contributed by atoms with Crippen LogP contribution in [0.1, 0.15) is 27.3 Å². The van der Waals surface area contributed by atoms with E-state index in [2.05, 4.69) is 15.4 Å². The highest BCUT2D eigenvalue weighted by molar-refractivity contribution is 5.94. The van der Waals surface area contributed by atoms with Gasteiger partial charge in [-0.25, -0.2) is 9.67 Å². The topological polar surface area (TPSA) is 64.7 Å². The van der Waals surface area contributed by atoms with E-state index >= 15 is 0 Å². The summed E-state index contributed by atoms with van der Waals surface area (Å²) in [5.74, 6) is 0.725. The molecule has 146 valence electrons. The zero-order valence-corrected chi connectivity index (χ0v) is 16.5. The fourth-order valence-electron chi connectivity index (χ4n) is 3.43. The third-order valence-electron chi connectivity index (χ3n) is 5.00. The first-order chi connectivity index (χ1) is 14.1. The molecule has 0 aliphatic carbocycles. The molecule has 0 saturated carbocycles. The second-order valence-corrected chi connectivity index (χ2v) is 6.89. The van der Waals surface area contributed by atoms with Crippen molar-refractivity contribution in [2.75, 3.05) is 6.54 Å².